The molecule has 1 heterocycles. The van der Waals surface area contributed by atoms with E-state index in [4.69, 9.17) is 9.47 Å². The lowest BCUT2D eigenvalue weighted by atomic mass is 10.1. The van der Waals surface area contributed by atoms with Gasteiger partial charge in [0, 0.05) is 9.75 Å². The molecule has 0 fully saturated rings. The predicted octanol–water partition coefficient (Wildman–Crippen LogP) is 4.05. The number of benzene rings is 1. The van der Waals surface area contributed by atoms with Crippen molar-refractivity contribution in [2.75, 3.05) is 14.2 Å². The van der Waals surface area contributed by atoms with E-state index in [1.807, 2.05) is 23.5 Å². The predicted molar refractivity (Wildman–Crippen MR) is 72.3 cm³/mol. The lowest BCUT2D eigenvalue weighted by Crippen LogP contribution is -1.90. The van der Waals surface area contributed by atoms with E-state index < -0.39 is 0 Å². The van der Waals surface area contributed by atoms with Crippen molar-refractivity contribution in [1.82, 2.24) is 0 Å². The SMILES string of the molecule is COc1ccc(-c2cc(C)sc2C)cc1OC. The summed E-state index contributed by atoms with van der Waals surface area (Å²) in [5, 5.41) is 0. The van der Waals surface area contributed by atoms with Gasteiger partial charge >= 0.3 is 0 Å². The highest BCUT2D eigenvalue weighted by Gasteiger charge is 2.09. The normalized spacial score (nSPS) is 10.4. The van der Waals surface area contributed by atoms with Crippen molar-refractivity contribution in [3.05, 3.63) is 34.0 Å². The Kier molecular flexibility index (Phi) is 3.38. The van der Waals surface area contributed by atoms with E-state index in [1.165, 1.54) is 20.9 Å². The van der Waals surface area contributed by atoms with Gasteiger partial charge in [0.15, 0.2) is 11.5 Å². The summed E-state index contributed by atoms with van der Waals surface area (Å²) in [6.07, 6.45) is 0. The van der Waals surface area contributed by atoms with Crippen molar-refractivity contribution in [2.45, 2.75) is 13.8 Å². The molecule has 1 aromatic carbocycles. The first-order valence-electron chi connectivity index (χ1n) is 5.45. The van der Waals surface area contributed by atoms with Crippen LogP contribution in [0.15, 0.2) is 24.3 Å². The fraction of sp³-hybridized carbons (Fsp3) is 0.286. The van der Waals surface area contributed by atoms with Crippen LogP contribution >= 0.6 is 11.3 Å². The molecule has 2 nitrogen and oxygen atoms in total. The van der Waals surface area contributed by atoms with E-state index in [1.54, 1.807) is 14.2 Å². The first-order chi connectivity index (χ1) is 8.15. The van der Waals surface area contributed by atoms with Gasteiger partial charge in [0.1, 0.15) is 0 Å². The van der Waals surface area contributed by atoms with Crippen LogP contribution in [0, 0.1) is 13.8 Å². The topological polar surface area (TPSA) is 18.5 Å². The largest absolute Gasteiger partial charge is 0.493 e. The first kappa shape index (κ1) is 12.0. The molecule has 90 valence electrons. The van der Waals surface area contributed by atoms with Gasteiger partial charge in [0.2, 0.25) is 0 Å². The Labute approximate surface area is 106 Å². The maximum absolute atomic E-state index is 5.32. The number of ether oxygens (including phenoxy) is 2. The monoisotopic (exact) mass is 248 g/mol. The van der Waals surface area contributed by atoms with Gasteiger partial charge in [-0.05, 0) is 43.2 Å². The van der Waals surface area contributed by atoms with Gasteiger partial charge in [-0.2, -0.15) is 0 Å². The molecule has 0 aliphatic carbocycles. The van der Waals surface area contributed by atoms with E-state index in [0.29, 0.717) is 0 Å². The lowest BCUT2D eigenvalue weighted by Gasteiger charge is -2.09. The van der Waals surface area contributed by atoms with Crippen molar-refractivity contribution in [3.63, 3.8) is 0 Å². The van der Waals surface area contributed by atoms with Crippen LogP contribution in [0.4, 0.5) is 0 Å². The van der Waals surface area contributed by atoms with Gasteiger partial charge in [0.25, 0.3) is 0 Å². The van der Waals surface area contributed by atoms with Crippen molar-refractivity contribution >= 4 is 11.3 Å². The summed E-state index contributed by atoms with van der Waals surface area (Å²) in [7, 11) is 3.31. The Morgan fingerprint density at radius 3 is 2.18 bits per heavy atom. The van der Waals surface area contributed by atoms with Gasteiger partial charge in [0.05, 0.1) is 14.2 Å². The smallest absolute Gasteiger partial charge is 0.161 e. The molecule has 0 saturated carbocycles. The summed E-state index contributed by atoms with van der Waals surface area (Å²) >= 11 is 1.82. The zero-order valence-electron chi connectivity index (χ0n) is 10.5. The van der Waals surface area contributed by atoms with Crippen LogP contribution in [0.25, 0.3) is 11.1 Å². The summed E-state index contributed by atoms with van der Waals surface area (Å²) in [5.74, 6) is 1.54. The third-order valence-electron chi connectivity index (χ3n) is 2.74. The van der Waals surface area contributed by atoms with Crippen molar-refractivity contribution in [3.8, 4) is 22.6 Å². The summed E-state index contributed by atoms with van der Waals surface area (Å²) in [5.41, 5.74) is 2.44. The Bertz CT molecular complexity index is 529. The average molecular weight is 248 g/mol. The molecular weight excluding hydrogens is 232 g/mol. The van der Waals surface area contributed by atoms with E-state index in [0.717, 1.165) is 11.5 Å². The third-order valence-corrected chi connectivity index (χ3v) is 3.70. The Morgan fingerprint density at radius 1 is 0.941 bits per heavy atom. The summed E-state index contributed by atoms with van der Waals surface area (Å²) in [6, 6.07) is 8.24. The molecule has 0 radical (unpaired) electrons. The van der Waals surface area contributed by atoms with Crippen molar-refractivity contribution in [2.24, 2.45) is 0 Å². The fourth-order valence-corrected chi connectivity index (χ4v) is 2.87. The molecule has 17 heavy (non-hydrogen) atoms. The minimum Gasteiger partial charge on any atom is -0.493 e. The first-order valence-corrected chi connectivity index (χ1v) is 6.26. The zero-order chi connectivity index (χ0) is 12.4. The van der Waals surface area contributed by atoms with Gasteiger partial charge in [-0.15, -0.1) is 11.3 Å². The Hall–Kier alpha value is -1.48. The number of methoxy groups -OCH3 is 2. The molecule has 0 saturated heterocycles. The molecule has 2 rings (SSSR count). The molecular formula is C14H16O2S. The van der Waals surface area contributed by atoms with E-state index in [9.17, 15) is 0 Å². The molecule has 0 spiro atoms. The summed E-state index contributed by atoms with van der Waals surface area (Å²) in [4.78, 5) is 2.65. The molecule has 1 aromatic heterocycles. The van der Waals surface area contributed by atoms with E-state index >= 15 is 0 Å². The maximum atomic E-state index is 5.32. The molecule has 0 amide bonds. The van der Waals surface area contributed by atoms with Gasteiger partial charge in [-0.3, -0.25) is 0 Å². The van der Waals surface area contributed by atoms with Crippen LogP contribution < -0.4 is 9.47 Å². The average Bonchev–Trinajstić information content (AvgIpc) is 2.67. The van der Waals surface area contributed by atoms with Crippen molar-refractivity contribution in [1.29, 1.82) is 0 Å². The molecule has 0 aliphatic rings. The number of aryl methyl sites for hydroxylation is 2. The number of rotatable bonds is 3. The third kappa shape index (κ3) is 2.29. The second-order valence-electron chi connectivity index (χ2n) is 3.90. The maximum Gasteiger partial charge on any atom is 0.161 e. The Balaban J connectivity index is 2.50. The zero-order valence-corrected chi connectivity index (χ0v) is 11.4. The van der Waals surface area contributed by atoms with Crippen LogP contribution in [0.1, 0.15) is 9.75 Å². The molecule has 0 bridgehead atoms. The molecule has 2 aromatic rings. The van der Waals surface area contributed by atoms with Crippen molar-refractivity contribution < 1.29 is 9.47 Å². The Morgan fingerprint density at radius 2 is 1.65 bits per heavy atom. The summed E-state index contributed by atoms with van der Waals surface area (Å²) in [6.45, 7) is 4.27. The molecule has 0 atom stereocenters. The van der Waals surface area contributed by atoms with E-state index in [-0.39, 0.29) is 0 Å². The van der Waals surface area contributed by atoms with Gasteiger partial charge < -0.3 is 9.47 Å². The second-order valence-corrected chi connectivity index (χ2v) is 5.36. The minimum absolute atomic E-state index is 0.765. The van der Waals surface area contributed by atoms with Gasteiger partial charge in [-0.25, -0.2) is 0 Å². The highest BCUT2D eigenvalue weighted by Crippen LogP contribution is 2.36. The summed E-state index contributed by atoms with van der Waals surface area (Å²) < 4.78 is 10.6. The van der Waals surface area contributed by atoms with E-state index in [2.05, 4.69) is 26.0 Å². The molecule has 0 unspecified atom stereocenters. The van der Waals surface area contributed by atoms with Crippen LogP contribution in [-0.2, 0) is 0 Å². The highest BCUT2D eigenvalue weighted by atomic mass is 32.1. The molecule has 0 N–H and O–H groups in total. The quantitative estimate of drug-likeness (QED) is 0.816. The minimum atomic E-state index is 0.765. The molecule has 0 aliphatic heterocycles. The van der Waals surface area contributed by atoms with Crippen LogP contribution in [0.5, 0.6) is 11.5 Å². The standard InChI is InChI=1S/C14H16O2S/c1-9-7-12(10(2)17-9)11-5-6-13(15-3)14(8-11)16-4/h5-8H,1-4H3. The second kappa shape index (κ2) is 4.80. The number of thiophene rings is 1. The number of hydrogen-bond donors (Lipinski definition) is 0. The fourth-order valence-electron chi connectivity index (χ4n) is 1.92. The van der Waals surface area contributed by atoms with Crippen LogP contribution in [0.2, 0.25) is 0 Å². The van der Waals surface area contributed by atoms with Crippen LogP contribution in [-0.4, -0.2) is 14.2 Å². The highest BCUT2D eigenvalue weighted by molar-refractivity contribution is 7.12. The van der Waals surface area contributed by atoms with Crippen LogP contribution in [0.3, 0.4) is 0 Å². The lowest BCUT2D eigenvalue weighted by molar-refractivity contribution is 0.355. The molecule has 3 heteroatoms. The number of hydrogen-bond acceptors (Lipinski definition) is 3. The van der Waals surface area contributed by atoms with Gasteiger partial charge in [-0.1, -0.05) is 6.07 Å².